The Balaban J connectivity index is 1.68. The molecule has 0 radical (unpaired) electrons. The molecule has 2 unspecified atom stereocenters. The van der Waals surface area contributed by atoms with E-state index >= 15 is 0 Å². The molecule has 1 aromatic heterocycles. The molecule has 3 rings (SSSR count). The fourth-order valence-electron chi connectivity index (χ4n) is 2.73. The molecule has 0 aliphatic heterocycles. The molecule has 21 heavy (non-hydrogen) atoms. The van der Waals surface area contributed by atoms with Crippen molar-refractivity contribution >= 4 is 0 Å². The maximum absolute atomic E-state index is 12.5. The number of benzene rings is 1. The second kappa shape index (κ2) is 5.15. The summed E-state index contributed by atoms with van der Waals surface area (Å²) in [7, 11) is 0. The van der Waals surface area contributed by atoms with Crippen LogP contribution >= 0.6 is 0 Å². The van der Waals surface area contributed by atoms with Crippen molar-refractivity contribution in [2.75, 3.05) is 0 Å². The van der Waals surface area contributed by atoms with Crippen molar-refractivity contribution in [3.05, 3.63) is 65.0 Å². The highest BCUT2D eigenvalue weighted by atomic mass is 19.4. The Labute approximate surface area is 120 Å². The van der Waals surface area contributed by atoms with E-state index in [1.54, 1.807) is 0 Å². The first-order valence-corrected chi connectivity index (χ1v) is 6.74. The van der Waals surface area contributed by atoms with Crippen LogP contribution in [0.25, 0.3) is 0 Å². The Kier molecular flexibility index (Phi) is 3.45. The van der Waals surface area contributed by atoms with Gasteiger partial charge in [-0.05, 0) is 42.0 Å². The van der Waals surface area contributed by atoms with E-state index in [1.165, 1.54) is 17.2 Å². The molecule has 0 saturated heterocycles. The third-order valence-electron chi connectivity index (χ3n) is 3.92. The number of aromatic nitrogens is 1. The van der Waals surface area contributed by atoms with Gasteiger partial charge in [0.05, 0.1) is 17.4 Å². The van der Waals surface area contributed by atoms with Crippen LogP contribution in [-0.2, 0) is 12.6 Å². The minimum Gasteiger partial charge on any atom is -0.387 e. The maximum atomic E-state index is 12.5. The van der Waals surface area contributed by atoms with Crippen molar-refractivity contribution in [2.45, 2.75) is 31.0 Å². The average Bonchev–Trinajstić information content (AvgIpc) is 2.44. The second-order valence-corrected chi connectivity index (χ2v) is 5.32. The van der Waals surface area contributed by atoms with E-state index in [4.69, 9.17) is 0 Å². The van der Waals surface area contributed by atoms with Gasteiger partial charge >= 0.3 is 6.18 Å². The number of halogens is 3. The number of pyridine rings is 1. The van der Waals surface area contributed by atoms with Crippen LogP contribution in [0, 0.1) is 0 Å². The van der Waals surface area contributed by atoms with Crippen molar-refractivity contribution in [1.29, 1.82) is 0 Å². The van der Waals surface area contributed by atoms with Crippen LogP contribution in [0.1, 0.15) is 40.8 Å². The molecule has 5 heteroatoms. The number of rotatable bonds is 3. The summed E-state index contributed by atoms with van der Waals surface area (Å²) in [5.74, 6) is 0.250. The Morgan fingerprint density at radius 3 is 2.57 bits per heavy atom. The van der Waals surface area contributed by atoms with Gasteiger partial charge in [0.2, 0.25) is 0 Å². The Morgan fingerprint density at radius 1 is 1.19 bits per heavy atom. The average molecular weight is 293 g/mol. The topological polar surface area (TPSA) is 33.1 Å². The molecule has 2 atom stereocenters. The number of fused-ring (bicyclic) bond motifs is 1. The van der Waals surface area contributed by atoms with Gasteiger partial charge in [0, 0.05) is 6.20 Å². The van der Waals surface area contributed by atoms with E-state index in [9.17, 15) is 18.3 Å². The lowest BCUT2D eigenvalue weighted by atomic mass is 9.74. The van der Waals surface area contributed by atoms with Crippen LogP contribution in [0.3, 0.4) is 0 Å². The van der Waals surface area contributed by atoms with Gasteiger partial charge in [0.1, 0.15) is 0 Å². The van der Waals surface area contributed by atoms with E-state index < -0.39 is 17.8 Å². The van der Waals surface area contributed by atoms with Crippen molar-refractivity contribution in [3.8, 4) is 0 Å². The first-order chi connectivity index (χ1) is 9.95. The first kappa shape index (κ1) is 14.1. The summed E-state index contributed by atoms with van der Waals surface area (Å²) >= 11 is 0. The van der Waals surface area contributed by atoms with Gasteiger partial charge in [-0.15, -0.1) is 0 Å². The SMILES string of the molecule is OC(CC1Cc2ccccc21)c1ccc(C(F)(F)F)cn1. The van der Waals surface area contributed by atoms with Crippen LogP contribution in [-0.4, -0.2) is 10.1 Å². The highest BCUT2D eigenvalue weighted by Gasteiger charge is 2.32. The minimum atomic E-state index is -4.40. The van der Waals surface area contributed by atoms with Crippen LogP contribution in [0.2, 0.25) is 0 Å². The third kappa shape index (κ3) is 2.78. The molecule has 2 aromatic rings. The lowest BCUT2D eigenvalue weighted by Crippen LogP contribution is -2.19. The van der Waals surface area contributed by atoms with Crippen LogP contribution in [0.4, 0.5) is 13.2 Å². The van der Waals surface area contributed by atoms with Gasteiger partial charge in [-0.3, -0.25) is 4.98 Å². The normalized spacial score (nSPS) is 18.8. The smallest absolute Gasteiger partial charge is 0.387 e. The monoisotopic (exact) mass is 293 g/mol. The largest absolute Gasteiger partial charge is 0.417 e. The Bertz CT molecular complexity index is 637. The molecular weight excluding hydrogens is 279 g/mol. The standard InChI is InChI=1S/C16H14F3NO/c17-16(18,19)12-5-6-14(20-9-12)15(21)8-11-7-10-3-1-2-4-13(10)11/h1-6,9,11,15,21H,7-8H2. The van der Waals surface area contributed by atoms with Crippen LogP contribution in [0.15, 0.2) is 42.6 Å². The minimum absolute atomic E-state index is 0.250. The Morgan fingerprint density at radius 2 is 1.95 bits per heavy atom. The predicted molar refractivity (Wildman–Crippen MR) is 71.7 cm³/mol. The molecule has 0 saturated carbocycles. The number of aliphatic hydroxyl groups excluding tert-OH is 1. The highest BCUT2D eigenvalue weighted by molar-refractivity contribution is 5.40. The summed E-state index contributed by atoms with van der Waals surface area (Å²) in [5.41, 5.74) is 1.97. The van der Waals surface area contributed by atoms with E-state index in [-0.39, 0.29) is 11.6 Å². The zero-order chi connectivity index (χ0) is 15.0. The number of nitrogens with zero attached hydrogens (tertiary/aromatic N) is 1. The van der Waals surface area contributed by atoms with E-state index in [2.05, 4.69) is 11.1 Å². The number of hydrogen-bond acceptors (Lipinski definition) is 2. The van der Waals surface area contributed by atoms with Gasteiger partial charge in [-0.25, -0.2) is 0 Å². The number of hydrogen-bond donors (Lipinski definition) is 1. The number of aliphatic hydroxyl groups is 1. The molecule has 2 nitrogen and oxygen atoms in total. The second-order valence-electron chi connectivity index (χ2n) is 5.32. The third-order valence-corrected chi connectivity index (χ3v) is 3.92. The van der Waals surface area contributed by atoms with E-state index in [0.717, 1.165) is 18.7 Å². The maximum Gasteiger partial charge on any atom is 0.417 e. The van der Waals surface area contributed by atoms with Crippen LogP contribution in [0.5, 0.6) is 0 Å². The molecule has 110 valence electrons. The van der Waals surface area contributed by atoms with Crippen molar-refractivity contribution in [1.82, 2.24) is 4.98 Å². The molecule has 1 N–H and O–H groups in total. The van der Waals surface area contributed by atoms with Crippen LogP contribution < -0.4 is 0 Å². The molecule has 0 spiro atoms. The van der Waals surface area contributed by atoms with Gasteiger partial charge in [0.25, 0.3) is 0 Å². The molecule has 1 aliphatic rings. The van der Waals surface area contributed by atoms with Gasteiger partial charge in [-0.1, -0.05) is 24.3 Å². The lowest BCUT2D eigenvalue weighted by molar-refractivity contribution is -0.137. The fourth-order valence-corrected chi connectivity index (χ4v) is 2.73. The Hall–Kier alpha value is -1.88. The molecule has 0 bridgehead atoms. The molecule has 0 amide bonds. The molecular formula is C16H14F3NO. The summed E-state index contributed by atoms with van der Waals surface area (Å²) in [6.45, 7) is 0. The summed E-state index contributed by atoms with van der Waals surface area (Å²) in [6.07, 6.45) is -3.09. The zero-order valence-electron chi connectivity index (χ0n) is 11.1. The van der Waals surface area contributed by atoms with Crippen molar-refractivity contribution in [3.63, 3.8) is 0 Å². The van der Waals surface area contributed by atoms with Gasteiger partial charge < -0.3 is 5.11 Å². The molecule has 1 heterocycles. The molecule has 1 aliphatic carbocycles. The van der Waals surface area contributed by atoms with E-state index in [0.29, 0.717) is 6.42 Å². The fraction of sp³-hybridized carbons (Fsp3) is 0.312. The lowest BCUT2D eigenvalue weighted by Gasteiger charge is -2.31. The summed E-state index contributed by atoms with van der Waals surface area (Å²) in [4.78, 5) is 3.74. The molecule has 1 aromatic carbocycles. The summed E-state index contributed by atoms with van der Waals surface area (Å²) in [6, 6.07) is 10.2. The van der Waals surface area contributed by atoms with Crippen molar-refractivity contribution < 1.29 is 18.3 Å². The number of alkyl halides is 3. The quantitative estimate of drug-likeness (QED) is 0.932. The summed E-state index contributed by atoms with van der Waals surface area (Å²) in [5, 5.41) is 10.1. The highest BCUT2D eigenvalue weighted by Crippen LogP contribution is 2.40. The van der Waals surface area contributed by atoms with E-state index in [1.807, 2.05) is 18.2 Å². The predicted octanol–water partition coefficient (Wildman–Crippen LogP) is 3.86. The first-order valence-electron chi connectivity index (χ1n) is 6.74. The molecule has 0 fully saturated rings. The van der Waals surface area contributed by atoms with Gasteiger partial charge in [0.15, 0.2) is 0 Å². The summed E-state index contributed by atoms with van der Waals surface area (Å²) < 4.78 is 37.4. The zero-order valence-corrected chi connectivity index (χ0v) is 11.1. The van der Waals surface area contributed by atoms with Gasteiger partial charge in [-0.2, -0.15) is 13.2 Å². The van der Waals surface area contributed by atoms with Crippen molar-refractivity contribution in [2.24, 2.45) is 0 Å².